The smallest absolute Gasteiger partial charge is 0.326 e. The predicted molar refractivity (Wildman–Crippen MR) is 143 cm³/mol. The lowest BCUT2D eigenvalue weighted by atomic mass is 10.0. The van der Waals surface area contributed by atoms with E-state index < -0.39 is 53.8 Å². The van der Waals surface area contributed by atoms with E-state index in [1.165, 1.54) is 4.90 Å². The summed E-state index contributed by atoms with van der Waals surface area (Å²) in [6.45, 7) is 0.669. The predicted octanol–water partition coefficient (Wildman–Crippen LogP) is -0.913. The van der Waals surface area contributed by atoms with Crippen molar-refractivity contribution in [2.75, 3.05) is 13.1 Å². The van der Waals surface area contributed by atoms with Crippen LogP contribution in [0.1, 0.15) is 44.1 Å². The molecule has 10 N–H and O–H groups in total. The number of benzene rings is 1. The minimum absolute atomic E-state index is 0.0389. The van der Waals surface area contributed by atoms with Crippen molar-refractivity contribution in [3.05, 3.63) is 36.0 Å². The van der Waals surface area contributed by atoms with E-state index in [4.69, 9.17) is 17.2 Å². The van der Waals surface area contributed by atoms with Gasteiger partial charge in [-0.25, -0.2) is 4.79 Å². The maximum Gasteiger partial charge on any atom is 0.326 e. The number of fused-ring (bicyclic) bond motifs is 1. The lowest BCUT2D eigenvalue weighted by molar-refractivity contribution is -0.143. The van der Waals surface area contributed by atoms with Gasteiger partial charge in [0.1, 0.15) is 18.1 Å². The molecule has 39 heavy (non-hydrogen) atoms. The van der Waals surface area contributed by atoms with Gasteiger partial charge in [-0.15, -0.1) is 0 Å². The van der Waals surface area contributed by atoms with Gasteiger partial charge in [-0.2, -0.15) is 0 Å². The molecule has 1 aromatic carbocycles. The minimum atomic E-state index is -1.23. The molecule has 2 aromatic rings. The largest absolute Gasteiger partial charge is 0.480 e. The number of hydrogen-bond donors (Lipinski definition) is 7. The van der Waals surface area contributed by atoms with Crippen LogP contribution in [-0.2, 0) is 30.4 Å². The molecule has 0 saturated carbocycles. The summed E-state index contributed by atoms with van der Waals surface area (Å²) >= 11 is 0. The molecule has 0 bridgehead atoms. The summed E-state index contributed by atoms with van der Waals surface area (Å²) in [5.41, 5.74) is 18.1. The average molecular weight is 544 g/mol. The maximum absolute atomic E-state index is 13.3. The van der Waals surface area contributed by atoms with Crippen LogP contribution in [0.4, 0.5) is 0 Å². The number of carboxylic acids is 1. The van der Waals surface area contributed by atoms with Crippen molar-refractivity contribution in [3.63, 3.8) is 0 Å². The number of para-hydroxylation sites is 1. The van der Waals surface area contributed by atoms with Crippen LogP contribution in [0.5, 0.6) is 0 Å². The Kier molecular flexibility index (Phi) is 10.4. The number of carbonyl (C=O) groups excluding carboxylic acids is 4. The monoisotopic (exact) mass is 543 g/mol. The van der Waals surface area contributed by atoms with Crippen molar-refractivity contribution < 1.29 is 29.1 Å². The lowest BCUT2D eigenvalue weighted by Gasteiger charge is -2.28. The molecule has 13 heteroatoms. The number of aromatic amines is 1. The molecule has 4 amide bonds. The number of carbonyl (C=O) groups is 5. The molecule has 2 heterocycles. The van der Waals surface area contributed by atoms with E-state index in [9.17, 15) is 29.1 Å². The molecular formula is C26H37N7O6. The number of primary amides is 1. The van der Waals surface area contributed by atoms with Crippen LogP contribution in [0.3, 0.4) is 0 Å². The number of unbranched alkanes of at least 4 members (excludes halogenated alkanes) is 1. The highest BCUT2D eigenvalue weighted by molar-refractivity contribution is 5.95. The van der Waals surface area contributed by atoms with Gasteiger partial charge in [0.15, 0.2) is 0 Å². The molecular weight excluding hydrogens is 506 g/mol. The van der Waals surface area contributed by atoms with E-state index >= 15 is 0 Å². The van der Waals surface area contributed by atoms with Gasteiger partial charge in [-0.1, -0.05) is 18.2 Å². The van der Waals surface area contributed by atoms with Crippen LogP contribution in [0, 0.1) is 0 Å². The Morgan fingerprint density at radius 2 is 1.85 bits per heavy atom. The standard InChI is InChI=1S/C26H37N7O6/c27-10-4-3-8-19(31-24(36)21-9-5-11-33(21)25(37)17(28)13-22(29)34)23(35)32-20(26(38)39)12-15-14-30-18-7-2-1-6-16(15)18/h1-2,6-7,14,17,19-21,30H,3-5,8-13,27-28H2,(H2,29,34)(H,31,36)(H,32,35)(H,38,39). The Balaban J connectivity index is 1.71. The minimum Gasteiger partial charge on any atom is -0.480 e. The van der Waals surface area contributed by atoms with E-state index in [2.05, 4.69) is 15.6 Å². The molecule has 4 unspecified atom stereocenters. The summed E-state index contributed by atoms with van der Waals surface area (Å²) < 4.78 is 0. The number of hydrogen-bond acceptors (Lipinski definition) is 7. The molecule has 0 spiro atoms. The second kappa shape index (κ2) is 13.7. The van der Waals surface area contributed by atoms with E-state index in [0.29, 0.717) is 32.2 Å². The van der Waals surface area contributed by atoms with Gasteiger partial charge in [0.05, 0.1) is 12.5 Å². The lowest BCUT2D eigenvalue weighted by Crippen LogP contribution is -2.57. The van der Waals surface area contributed by atoms with Gasteiger partial charge in [0.2, 0.25) is 23.6 Å². The molecule has 3 rings (SSSR count). The third kappa shape index (κ3) is 7.77. The Morgan fingerprint density at radius 3 is 2.54 bits per heavy atom. The van der Waals surface area contributed by atoms with Crippen molar-refractivity contribution in [2.45, 2.75) is 69.1 Å². The Morgan fingerprint density at radius 1 is 1.10 bits per heavy atom. The summed E-state index contributed by atoms with van der Waals surface area (Å²) in [7, 11) is 0. The van der Waals surface area contributed by atoms with Gasteiger partial charge in [0, 0.05) is 30.1 Å². The summed E-state index contributed by atoms with van der Waals surface area (Å²) in [6, 6.07) is 3.12. The average Bonchev–Trinajstić information content (AvgIpc) is 3.54. The molecule has 212 valence electrons. The first-order chi connectivity index (χ1) is 18.6. The second-order valence-electron chi connectivity index (χ2n) is 9.78. The summed E-state index contributed by atoms with van der Waals surface area (Å²) in [5.74, 6) is -3.71. The normalized spacial score (nSPS) is 17.4. The third-order valence-corrected chi connectivity index (χ3v) is 6.87. The molecule has 1 aliphatic rings. The van der Waals surface area contributed by atoms with E-state index in [1.54, 1.807) is 6.20 Å². The van der Waals surface area contributed by atoms with Crippen LogP contribution in [0.25, 0.3) is 10.9 Å². The number of carboxylic acid groups (broad SMARTS) is 1. The Hall–Kier alpha value is -3.97. The van der Waals surface area contributed by atoms with Gasteiger partial charge < -0.3 is 42.8 Å². The second-order valence-corrected chi connectivity index (χ2v) is 9.78. The highest BCUT2D eigenvalue weighted by atomic mass is 16.4. The fraction of sp³-hybridized carbons (Fsp3) is 0.500. The van der Waals surface area contributed by atoms with Crippen molar-refractivity contribution in [1.82, 2.24) is 20.5 Å². The first-order valence-electron chi connectivity index (χ1n) is 13.0. The highest BCUT2D eigenvalue weighted by Gasteiger charge is 2.38. The Labute approximate surface area is 225 Å². The van der Waals surface area contributed by atoms with Crippen LogP contribution in [0.2, 0.25) is 0 Å². The molecule has 4 atom stereocenters. The molecule has 0 aliphatic carbocycles. The fourth-order valence-corrected chi connectivity index (χ4v) is 4.84. The SMILES string of the molecule is NCCCCC(NC(=O)C1CCCN1C(=O)C(N)CC(N)=O)C(=O)NC(Cc1c[nH]c2ccccc12)C(=O)O. The number of nitrogens with zero attached hydrogens (tertiary/aromatic N) is 1. The molecule has 13 nitrogen and oxygen atoms in total. The van der Waals surface area contributed by atoms with Crippen molar-refractivity contribution in [2.24, 2.45) is 17.2 Å². The van der Waals surface area contributed by atoms with Crippen molar-refractivity contribution in [1.29, 1.82) is 0 Å². The zero-order valence-corrected chi connectivity index (χ0v) is 21.7. The highest BCUT2D eigenvalue weighted by Crippen LogP contribution is 2.21. The summed E-state index contributed by atoms with van der Waals surface area (Å²) in [6.07, 6.45) is 3.66. The summed E-state index contributed by atoms with van der Waals surface area (Å²) in [4.78, 5) is 66.8. The molecule has 1 aromatic heterocycles. The number of aromatic nitrogens is 1. The number of aliphatic carboxylic acids is 1. The quantitative estimate of drug-likeness (QED) is 0.147. The van der Waals surface area contributed by atoms with Gasteiger partial charge >= 0.3 is 5.97 Å². The van der Waals surface area contributed by atoms with Crippen LogP contribution < -0.4 is 27.8 Å². The van der Waals surface area contributed by atoms with E-state index in [-0.39, 0.29) is 25.8 Å². The first kappa shape index (κ1) is 29.6. The van der Waals surface area contributed by atoms with Crippen LogP contribution in [-0.4, -0.2) is 81.8 Å². The first-order valence-corrected chi connectivity index (χ1v) is 13.0. The van der Waals surface area contributed by atoms with Gasteiger partial charge in [0.25, 0.3) is 0 Å². The van der Waals surface area contributed by atoms with Crippen molar-refractivity contribution >= 4 is 40.5 Å². The fourth-order valence-electron chi connectivity index (χ4n) is 4.84. The zero-order valence-electron chi connectivity index (χ0n) is 21.7. The maximum atomic E-state index is 13.3. The van der Waals surface area contributed by atoms with Crippen LogP contribution >= 0.6 is 0 Å². The van der Waals surface area contributed by atoms with E-state index in [0.717, 1.165) is 16.5 Å². The topological polar surface area (TPSA) is 227 Å². The van der Waals surface area contributed by atoms with Crippen LogP contribution in [0.15, 0.2) is 30.5 Å². The molecule has 1 fully saturated rings. The third-order valence-electron chi connectivity index (χ3n) is 6.87. The van der Waals surface area contributed by atoms with Gasteiger partial charge in [-0.3, -0.25) is 19.2 Å². The summed E-state index contributed by atoms with van der Waals surface area (Å²) in [5, 5.41) is 16.0. The van der Waals surface area contributed by atoms with Crippen molar-refractivity contribution in [3.8, 4) is 0 Å². The zero-order chi connectivity index (χ0) is 28.5. The number of H-pyrrole nitrogens is 1. The number of likely N-dealkylation sites (tertiary alicyclic amines) is 1. The van der Waals surface area contributed by atoms with Gasteiger partial charge in [-0.05, 0) is 50.3 Å². The molecule has 1 saturated heterocycles. The van der Waals surface area contributed by atoms with E-state index in [1.807, 2.05) is 24.3 Å². The number of rotatable bonds is 14. The number of nitrogens with one attached hydrogen (secondary N) is 3. The molecule has 0 radical (unpaired) electrons. The molecule has 1 aliphatic heterocycles. The number of amides is 4. The Bertz CT molecular complexity index is 1200. The number of nitrogens with two attached hydrogens (primary N) is 3.